The summed E-state index contributed by atoms with van der Waals surface area (Å²) in [6.45, 7) is 0.125. The summed E-state index contributed by atoms with van der Waals surface area (Å²) in [7, 11) is -2.42. The van der Waals surface area contributed by atoms with Crippen molar-refractivity contribution >= 4 is 45.4 Å². The zero-order valence-corrected chi connectivity index (χ0v) is 19.1. The van der Waals surface area contributed by atoms with Gasteiger partial charge >= 0.3 is 0 Å². The molecule has 0 radical (unpaired) electrons. The van der Waals surface area contributed by atoms with Crippen molar-refractivity contribution in [2.75, 3.05) is 11.8 Å². The van der Waals surface area contributed by atoms with Crippen LogP contribution in [-0.2, 0) is 16.6 Å². The first-order chi connectivity index (χ1) is 15.3. The number of fused-ring (bicyclic) bond motifs is 1. The first-order valence-corrected chi connectivity index (χ1v) is 12.0. The lowest BCUT2D eigenvalue weighted by Crippen LogP contribution is -2.28. The second-order valence-electron chi connectivity index (χ2n) is 6.98. The van der Waals surface area contributed by atoms with E-state index in [-0.39, 0.29) is 27.7 Å². The highest BCUT2D eigenvalue weighted by atomic mass is 35.5. The number of carbonyl (C=O) groups excluding carboxylic acids is 1. The lowest BCUT2D eigenvalue weighted by Gasteiger charge is -2.22. The van der Waals surface area contributed by atoms with E-state index in [9.17, 15) is 17.6 Å². The number of hydrogen-bond acceptors (Lipinski definition) is 6. The maximum Gasteiger partial charge on any atom is 0.264 e. The van der Waals surface area contributed by atoms with E-state index in [0.717, 1.165) is 0 Å². The first-order valence-electron chi connectivity index (χ1n) is 9.38. The number of rotatable bonds is 6. The third-order valence-corrected chi connectivity index (χ3v) is 7.27. The molecule has 0 aliphatic carbocycles. The highest BCUT2D eigenvalue weighted by molar-refractivity contribution is 7.97. The summed E-state index contributed by atoms with van der Waals surface area (Å²) in [5.74, 6) is -0.885. The van der Waals surface area contributed by atoms with Crippen molar-refractivity contribution < 1.29 is 17.6 Å². The van der Waals surface area contributed by atoms with Crippen molar-refractivity contribution in [3.8, 4) is 0 Å². The van der Waals surface area contributed by atoms with Crippen molar-refractivity contribution in [3.05, 3.63) is 99.6 Å². The van der Waals surface area contributed by atoms with E-state index in [1.165, 1.54) is 53.4 Å². The molecule has 2 aliphatic heterocycles. The number of carbonyl (C=O) groups is 1. The van der Waals surface area contributed by atoms with Gasteiger partial charge in [-0.1, -0.05) is 29.8 Å². The fourth-order valence-corrected chi connectivity index (χ4v) is 5.42. The molecule has 0 spiro atoms. The summed E-state index contributed by atoms with van der Waals surface area (Å²) in [5.41, 5.74) is 1.38. The molecule has 2 aromatic carbocycles. The maximum absolute atomic E-state index is 13.3. The van der Waals surface area contributed by atoms with Gasteiger partial charge in [-0.25, -0.2) is 12.8 Å². The standard InChI is InChI=1S/C21H18ClFN4O3S2/c1-26(13-14-8-9-15(23)11-17(14)22)21(28)16-5-2-3-6-18(16)25-32(29,30)20-7-4-10-27-19(20)12-24-31-27/h2-12,24-25H,13H2,1H3. The van der Waals surface area contributed by atoms with Crippen LogP contribution in [0.2, 0.25) is 5.02 Å². The predicted octanol–water partition coefficient (Wildman–Crippen LogP) is 4.21. The molecule has 0 aromatic heterocycles. The number of sulfonamides is 1. The summed E-state index contributed by atoms with van der Waals surface area (Å²) in [4.78, 5) is 14.6. The number of nitrogens with one attached hydrogen (secondary N) is 2. The summed E-state index contributed by atoms with van der Waals surface area (Å²) < 4.78 is 46.7. The van der Waals surface area contributed by atoms with Crippen LogP contribution in [0.1, 0.15) is 15.9 Å². The third-order valence-electron chi connectivity index (χ3n) is 4.77. The van der Waals surface area contributed by atoms with Gasteiger partial charge in [0, 0.05) is 31.0 Å². The zero-order chi connectivity index (χ0) is 22.9. The van der Waals surface area contributed by atoms with Gasteiger partial charge in [0.1, 0.15) is 10.7 Å². The Morgan fingerprint density at radius 3 is 2.84 bits per heavy atom. The van der Waals surface area contributed by atoms with Gasteiger partial charge in [-0.3, -0.25) is 13.8 Å². The number of benzene rings is 2. The summed E-state index contributed by atoms with van der Waals surface area (Å²) in [6.07, 6.45) is 6.45. The van der Waals surface area contributed by atoms with Crippen LogP contribution in [0, 0.1) is 5.82 Å². The van der Waals surface area contributed by atoms with Crippen LogP contribution in [-0.4, -0.2) is 30.6 Å². The Labute approximate surface area is 194 Å². The molecule has 2 N–H and O–H groups in total. The van der Waals surface area contributed by atoms with Gasteiger partial charge in [-0.2, -0.15) is 0 Å². The van der Waals surface area contributed by atoms with Gasteiger partial charge < -0.3 is 9.62 Å². The van der Waals surface area contributed by atoms with Gasteiger partial charge in [-0.15, -0.1) is 0 Å². The van der Waals surface area contributed by atoms with Crippen LogP contribution < -0.4 is 9.44 Å². The number of anilines is 1. The van der Waals surface area contributed by atoms with Crippen LogP contribution in [0.25, 0.3) is 0 Å². The summed E-state index contributed by atoms with van der Waals surface area (Å²) in [6, 6.07) is 10.3. The molecule has 11 heteroatoms. The minimum Gasteiger partial charge on any atom is -0.337 e. The lowest BCUT2D eigenvalue weighted by atomic mass is 10.1. The Hall–Kier alpha value is -2.95. The van der Waals surface area contributed by atoms with E-state index in [1.807, 2.05) is 0 Å². The van der Waals surface area contributed by atoms with E-state index >= 15 is 0 Å². The van der Waals surface area contributed by atoms with Gasteiger partial charge in [0.25, 0.3) is 15.9 Å². The van der Waals surface area contributed by atoms with Gasteiger partial charge in [0.15, 0.2) is 0 Å². The van der Waals surface area contributed by atoms with Crippen molar-refractivity contribution in [3.63, 3.8) is 0 Å². The van der Waals surface area contributed by atoms with Crippen LogP contribution >= 0.6 is 23.7 Å². The van der Waals surface area contributed by atoms with Gasteiger partial charge in [0.2, 0.25) is 0 Å². The van der Waals surface area contributed by atoms with E-state index in [0.29, 0.717) is 11.3 Å². The Morgan fingerprint density at radius 1 is 1.28 bits per heavy atom. The van der Waals surface area contributed by atoms with Crippen LogP contribution in [0.5, 0.6) is 0 Å². The number of nitrogens with zero attached hydrogens (tertiary/aromatic N) is 2. The van der Waals surface area contributed by atoms with Crippen molar-refractivity contribution in [1.82, 2.24) is 13.9 Å². The van der Waals surface area contributed by atoms with E-state index in [1.54, 1.807) is 42.0 Å². The summed E-state index contributed by atoms with van der Waals surface area (Å²) in [5, 5.41) is 0.205. The Bertz CT molecular complexity index is 1280. The fraction of sp³-hybridized carbons (Fsp3) is 0.0952. The minimum absolute atomic E-state index is 0.0752. The van der Waals surface area contributed by atoms with Gasteiger partial charge in [-0.05, 0) is 42.0 Å². The second-order valence-corrected chi connectivity index (χ2v) is 9.85. The van der Waals surface area contributed by atoms with E-state index in [2.05, 4.69) is 9.44 Å². The molecule has 32 heavy (non-hydrogen) atoms. The molecular weight excluding hydrogens is 475 g/mol. The number of para-hydroxylation sites is 1. The number of allylic oxidation sites excluding steroid dienone is 2. The highest BCUT2D eigenvalue weighted by Gasteiger charge is 2.30. The summed E-state index contributed by atoms with van der Waals surface area (Å²) >= 11 is 7.32. The van der Waals surface area contributed by atoms with Gasteiger partial charge in [0.05, 0.1) is 29.1 Å². The second kappa shape index (κ2) is 8.89. The van der Waals surface area contributed by atoms with Crippen molar-refractivity contribution in [2.24, 2.45) is 0 Å². The molecule has 0 bridgehead atoms. The topological polar surface area (TPSA) is 81.8 Å². The largest absolute Gasteiger partial charge is 0.337 e. The average Bonchev–Trinajstić information content (AvgIpc) is 3.24. The molecule has 0 unspecified atom stereocenters. The SMILES string of the molecule is CN(Cc1ccc(F)cc1Cl)C(=O)c1ccccc1NS(=O)(=O)C1=CC=CN2SNC=C12. The van der Waals surface area contributed by atoms with Crippen molar-refractivity contribution in [2.45, 2.75) is 6.54 Å². The highest BCUT2D eigenvalue weighted by Crippen LogP contribution is 2.34. The average molecular weight is 493 g/mol. The Balaban J connectivity index is 1.58. The molecule has 1 amide bonds. The molecule has 0 saturated heterocycles. The maximum atomic E-state index is 13.3. The quantitative estimate of drug-likeness (QED) is 0.588. The van der Waals surface area contributed by atoms with Crippen LogP contribution in [0.15, 0.2) is 77.6 Å². The molecule has 0 fully saturated rings. The molecule has 0 atom stereocenters. The molecule has 2 heterocycles. The minimum atomic E-state index is -3.98. The number of amides is 1. The molecule has 0 saturated carbocycles. The molecule has 2 aliphatic rings. The molecule has 4 rings (SSSR count). The van der Waals surface area contributed by atoms with Crippen LogP contribution in [0.4, 0.5) is 10.1 Å². The smallest absolute Gasteiger partial charge is 0.264 e. The van der Waals surface area contributed by atoms with Crippen molar-refractivity contribution in [1.29, 1.82) is 0 Å². The number of hydrogen-bond donors (Lipinski definition) is 2. The number of halogens is 2. The molecule has 166 valence electrons. The molecular formula is C21H18ClFN4O3S2. The van der Waals surface area contributed by atoms with E-state index in [4.69, 9.17) is 11.6 Å². The Kier molecular flexibility index (Phi) is 6.18. The fourth-order valence-electron chi connectivity index (χ4n) is 3.20. The zero-order valence-electron chi connectivity index (χ0n) is 16.7. The normalized spacial score (nSPS) is 14.9. The van der Waals surface area contributed by atoms with Crippen LogP contribution in [0.3, 0.4) is 0 Å². The third kappa shape index (κ3) is 4.47. The Morgan fingerprint density at radius 2 is 2.06 bits per heavy atom. The predicted molar refractivity (Wildman–Crippen MR) is 124 cm³/mol. The first kappa shape index (κ1) is 22.3. The molecule has 7 nitrogen and oxygen atoms in total. The molecule has 2 aromatic rings. The monoisotopic (exact) mass is 492 g/mol. The van der Waals surface area contributed by atoms with E-state index < -0.39 is 21.7 Å². The lowest BCUT2D eigenvalue weighted by molar-refractivity contribution is 0.0786.